The van der Waals surface area contributed by atoms with Crippen molar-refractivity contribution in [3.8, 4) is 0 Å². The number of nitrogens with one attached hydrogen (secondary N) is 1. The van der Waals surface area contributed by atoms with Crippen molar-refractivity contribution < 1.29 is 19.1 Å². The van der Waals surface area contributed by atoms with Gasteiger partial charge in [0, 0.05) is 43.1 Å². The lowest BCUT2D eigenvalue weighted by Crippen LogP contribution is -2.40. The van der Waals surface area contributed by atoms with Crippen LogP contribution >= 0.6 is 11.3 Å². The second-order valence-corrected chi connectivity index (χ2v) is 10.1. The Kier molecular flexibility index (Phi) is 5.92. The number of fused-ring (bicyclic) bond motifs is 1. The number of carbonyl (C=O) groups is 3. The lowest BCUT2D eigenvalue weighted by Gasteiger charge is -2.28. The second-order valence-electron chi connectivity index (χ2n) is 9.06. The van der Waals surface area contributed by atoms with Gasteiger partial charge in [-0.3, -0.25) is 19.7 Å². The number of carbonyl (C=O) groups excluding carboxylic acids is 3. The first-order valence-corrected chi connectivity index (χ1v) is 12.3. The van der Waals surface area contributed by atoms with Gasteiger partial charge < -0.3 is 14.5 Å². The minimum Gasteiger partial charge on any atom is -0.368 e. The smallest absolute Gasteiger partial charge is 0.255 e. The molecule has 1 N–H and O–H groups in total. The van der Waals surface area contributed by atoms with Crippen LogP contribution in [0.5, 0.6) is 0 Å². The number of benzene rings is 1. The van der Waals surface area contributed by atoms with Gasteiger partial charge in [-0.1, -0.05) is 17.4 Å². The average molecular weight is 469 g/mol. The van der Waals surface area contributed by atoms with Crippen molar-refractivity contribution in [3.63, 3.8) is 0 Å². The first-order chi connectivity index (χ1) is 15.9. The molecule has 2 aromatic rings. The molecule has 2 saturated heterocycles. The van der Waals surface area contributed by atoms with Crippen LogP contribution in [0.25, 0.3) is 0 Å². The van der Waals surface area contributed by atoms with Gasteiger partial charge in [-0.25, -0.2) is 4.98 Å². The third kappa shape index (κ3) is 4.39. The molecule has 0 saturated carbocycles. The molecule has 3 aliphatic heterocycles. The monoisotopic (exact) mass is 468 g/mol. The molecule has 8 nitrogen and oxygen atoms in total. The minimum absolute atomic E-state index is 0.00813. The van der Waals surface area contributed by atoms with Gasteiger partial charge in [-0.05, 0) is 49.9 Å². The van der Waals surface area contributed by atoms with Crippen LogP contribution in [0, 0.1) is 19.8 Å². The highest BCUT2D eigenvalue weighted by molar-refractivity contribution is 7.15. The Hall–Kier alpha value is -2.78. The summed E-state index contributed by atoms with van der Waals surface area (Å²) < 4.78 is 5.44. The maximum absolute atomic E-state index is 13.3. The fourth-order valence-electron chi connectivity index (χ4n) is 4.68. The zero-order valence-electron chi connectivity index (χ0n) is 18.9. The third-order valence-electron chi connectivity index (χ3n) is 6.77. The Morgan fingerprint density at radius 2 is 2.09 bits per heavy atom. The van der Waals surface area contributed by atoms with Crippen molar-refractivity contribution in [2.24, 2.45) is 5.92 Å². The predicted molar refractivity (Wildman–Crippen MR) is 125 cm³/mol. The summed E-state index contributed by atoms with van der Waals surface area (Å²) in [6, 6.07) is 5.97. The van der Waals surface area contributed by atoms with E-state index in [0.29, 0.717) is 37.8 Å². The Morgan fingerprint density at radius 1 is 1.24 bits per heavy atom. The van der Waals surface area contributed by atoms with Crippen molar-refractivity contribution in [3.05, 3.63) is 39.9 Å². The molecule has 2 fully saturated rings. The summed E-state index contributed by atoms with van der Waals surface area (Å²) in [5.41, 5.74) is 4.10. The number of hydrogen-bond acceptors (Lipinski definition) is 6. The number of aromatic nitrogens is 1. The second kappa shape index (κ2) is 8.87. The van der Waals surface area contributed by atoms with Gasteiger partial charge in [0.2, 0.25) is 11.8 Å². The van der Waals surface area contributed by atoms with E-state index in [9.17, 15) is 14.4 Å². The van der Waals surface area contributed by atoms with Crippen LogP contribution in [0.2, 0.25) is 0 Å². The molecule has 9 heteroatoms. The Bertz CT molecular complexity index is 1110. The van der Waals surface area contributed by atoms with E-state index in [1.165, 1.54) is 16.9 Å². The molecule has 3 amide bonds. The molecular formula is C24H28N4O4S. The Labute approximate surface area is 196 Å². The average Bonchev–Trinajstić information content (AvgIpc) is 3.54. The summed E-state index contributed by atoms with van der Waals surface area (Å²) in [5.74, 6) is -0.486. The van der Waals surface area contributed by atoms with Gasteiger partial charge in [-0.2, -0.15) is 0 Å². The molecule has 0 aliphatic carbocycles. The number of amides is 3. The van der Waals surface area contributed by atoms with Crippen LogP contribution in [-0.2, 0) is 32.1 Å². The Balaban J connectivity index is 1.23. The molecule has 0 bridgehead atoms. The van der Waals surface area contributed by atoms with Crippen LogP contribution in [0.3, 0.4) is 0 Å². The summed E-state index contributed by atoms with van der Waals surface area (Å²) in [6.07, 6.45) is 2.12. The molecule has 2 atom stereocenters. The van der Waals surface area contributed by atoms with Gasteiger partial charge >= 0.3 is 0 Å². The summed E-state index contributed by atoms with van der Waals surface area (Å²) in [7, 11) is 0. The Morgan fingerprint density at radius 3 is 2.85 bits per heavy atom. The van der Waals surface area contributed by atoms with E-state index in [1.54, 1.807) is 4.90 Å². The summed E-state index contributed by atoms with van der Waals surface area (Å²) in [6.45, 7) is 6.14. The lowest BCUT2D eigenvalue weighted by molar-refractivity contribution is -0.136. The maximum atomic E-state index is 13.3. The van der Waals surface area contributed by atoms with E-state index in [0.717, 1.165) is 34.7 Å². The molecule has 3 aliphatic rings. The molecule has 1 aromatic carbocycles. The van der Waals surface area contributed by atoms with E-state index in [2.05, 4.69) is 10.3 Å². The number of anilines is 2. The number of rotatable bonds is 4. The highest BCUT2D eigenvalue weighted by Gasteiger charge is 2.38. The quantitative estimate of drug-likeness (QED) is 0.745. The summed E-state index contributed by atoms with van der Waals surface area (Å²) in [5, 5.41) is 3.43. The maximum Gasteiger partial charge on any atom is 0.255 e. The fourth-order valence-corrected chi connectivity index (χ4v) is 5.71. The molecule has 5 rings (SSSR count). The molecule has 33 heavy (non-hydrogen) atoms. The van der Waals surface area contributed by atoms with Gasteiger partial charge in [0.1, 0.15) is 6.10 Å². The van der Waals surface area contributed by atoms with E-state index in [4.69, 9.17) is 4.74 Å². The van der Waals surface area contributed by atoms with Gasteiger partial charge in [-0.15, -0.1) is 0 Å². The fraction of sp³-hybridized carbons (Fsp3) is 0.500. The summed E-state index contributed by atoms with van der Waals surface area (Å²) >= 11 is 1.42. The zero-order valence-corrected chi connectivity index (χ0v) is 19.7. The number of thiazole rings is 1. The van der Waals surface area contributed by atoms with Crippen LogP contribution in [0.4, 0.5) is 10.8 Å². The molecule has 174 valence electrons. The topological polar surface area (TPSA) is 91.8 Å². The third-order valence-corrected chi connectivity index (χ3v) is 7.77. The summed E-state index contributed by atoms with van der Waals surface area (Å²) in [4.78, 5) is 47.4. The van der Waals surface area contributed by atoms with Gasteiger partial charge in [0.05, 0.1) is 18.2 Å². The first kappa shape index (κ1) is 22.0. The van der Waals surface area contributed by atoms with Crippen molar-refractivity contribution >= 4 is 39.9 Å². The van der Waals surface area contributed by atoms with E-state index in [-0.39, 0.29) is 30.1 Å². The van der Waals surface area contributed by atoms with E-state index in [1.807, 2.05) is 36.9 Å². The zero-order chi connectivity index (χ0) is 23.1. The number of hydrogen-bond donors (Lipinski definition) is 1. The highest BCUT2D eigenvalue weighted by atomic mass is 32.1. The van der Waals surface area contributed by atoms with Crippen LogP contribution in [0.15, 0.2) is 18.2 Å². The van der Waals surface area contributed by atoms with Crippen molar-refractivity contribution in [1.82, 2.24) is 9.88 Å². The predicted octanol–water partition coefficient (Wildman–Crippen LogP) is 2.82. The van der Waals surface area contributed by atoms with E-state index >= 15 is 0 Å². The largest absolute Gasteiger partial charge is 0.368 e. The highest BCUT2D eigenvalue weighted by Crippen LogP contribution is 2.32. The van der Waals surface area contributed by atoms with Crippen molar-refractivity contribution in [1.29, 1.82) is 0 Å². The van der Waals surface area contributed by atoms with Crippen LogP contribution < -0.4 is 10.2 Å². The number of nitrogens with zero attached hydrogens (tertiary/aromatic N) is 3. The first-order valence-electron chi connectivity index (χ1n) is 11.5. The van der Waals surface area contributed by atoms with Crippen molar-refractivity contribution in [2.75, 3.05) is 29.9 Å². The van der Waals surface area contributed by atoms with Crippen molar-refractivity contribution in [2.45, 2.75) is 52.2 Å². The standard InChI is InChI=1S/C24H28N4O4S/c1-14-5-6-17(10-15(14)2)28-12-16(11-21(28)29)23(31)27-8-7-18-20(13-27)33-24(25-18)26-22(30)19-4-3-9-32-19/h5-6,10,16,19H,3-4,7-9,11-13H2,1-2H3,(H,25,26,30). The van der Waals surface area contributed by atoms with Gasteiger partial charge in [0.15, 0.2) is 5.13 Å². The van der Waals surface area contributed by atoms with Crippen LogP contribution in [0.1, 0.15) is 41.0 Å². The minimum atomic E-state index is -0.399. The van der Waals surface area contributed by atoms with Crippen LogP contribution in [-0.4, -0.2) is 53.4 Å². The normalized spacial score (nSPS) is 22.5. The molecular weight excluding hydrogens is 440 g/mol. The molecule has 4 heterocycles. The lowest BCUT2D eigenvalue weighted by atomic mass is 10.1. The molecule has 0 spiro atoms. The van der Waals surface area contributed by atoms with E-state index < -0.39 is 6.10 Å². The SMILES string of the molecule is Cc1ccc(N2CC(C(=O)N3CCc4nc(NC(=O)C5CCCO5)sc4C3)CC2=O)cc1C. The van der Waals surface area contributed by atoms with Gasteiger partial charge in [0.25, 0.3) is 5.91 Å². The molecule has 2 unspecified atom stereocenters. The molecule has 0 radical (unpaired) electrons. The number of ether oxygens (including phenoxy) is 1. The number of aryl methyl sites for hydroxylation is 2. The molecule has 1 aromatic heterocycles.